The molecule has 4 atom stereocenters. The number of benzene rings is 2. The largest absolute Gasteiger partial charge is 0.434 e. The summed E-state index contributed by atoms with van der Waals surface area (Å²) in [7, 11) is -3.69. The van der Waals surface area contributed by atoms with Crippen LogP contribution in [0.4, 0.5) is 0 Å². The molecule has 1 saturated heterocycles. The first-order valence-electron chi connectivity index (χ1n) is 17.1. The summed E-state index contributed by atoms with van der Waals surface area (Å²) < 4.78 is 33.3. The van der Waals surface area contributed by atoms with Crippen LogP contribution in [0.25, 0.3) is 11.1 Å². The molecule has 0 bridgehead atoms. The fourth-order valence-corrected chi connectivity index (χ4v) is 8.17. The number of nitrogens with two attached hydrogens (primary N) is 1. The van der Waals surface area contributed by atoms with Gasteiger partial charge in [-0.25, -0.2) is 18.1 Å². The number of unbranched alkanes of at least 4 members (excludes halogenated alkanes) is 1. The number of amides is 1. The number of sulfonamides is 1. The van der Waals surface area contributed by atoms with Crippen molar-refractivity contribution < 1.29 is 27.2 Å². The summed E-state index contributed by atoms with van der Waals surface area (Å²) in [5, 5.41) is 0. The van der Waals surface area contributed by atoms with Gasteiger partial charge >= 0.3 is 0 Å². The van der Waals surface area contributed by atoms with Gasteiger partial charge in [-0.05, 0) is 62.3 Å². The Balaban J connectivity index is 1.42. The van der Waals surface area contributed by atoms with E-state index in [-0.39, 0.29) is 35.7 Å². The molecule has 0 radical (unpaired) electrons. The Bertz CT molecular complexity index is 1590. The third-order valence-corrected chi connectivity index (χ3v) is 10.5. The molecule has 3 N–H and O–H groups in total. The lowest BCUT2D eigenvalue weighted by Crippen LogP contribution is -2.52. The highest BCUT2D eigenvalue weighted by Gasteiger charge is 2.45. The molecule has 1 aliphatic carbocycles. The van der Waals surface area contributed by atoms with Crippen LogP contribution in [0.5, 0.6) is 0 Å². The molecule has 1 aliphatic heterocycles. The molecule has 11 heteroatoms. The number of fused-ring (bicyclic) bond motifs is 1. The Labute approximate surface area is 277 Å². The smallest absolute Gasteiger partial charge is 0.264 e. The monoisotopic (exact) mass is 664 g/mol. The molecule has 2 aromatic carbocycles. The van der Waals surface area contributed by atoms with E-state index < -0.39 is 28.0 Å². The molecular weight excluding hydrogens is 616 g/mol. The van der Waals surface area contributed by atoms with E-state index in [0.29, 0.717) is 62.2 Å². The second kappa shape index (κ2) is 16.1. The van der Waals surface area contributed by atoms with Gasteiger partial charge in [0.05, 0.1) is 12.3 Å². The number of aromatic nitrogens is 1. The molecule has 1 saturated carbocycles. The quantitative estimate of drug-likeness (QED) is 0.153. The van der Waals surface area contributed by atoms with Gasteiger partial charge in [-0.1, -0.05) is 81.0 Å². The number of rotatable bonds is 16. The molecule has 0 spiro atoms. The Morgan fingerprint density at radius 1 is 0.979 bits per heavy atom. The molecule has 1 amide bonds. The maximum absolute atomic E-state index is 14.4. The van der Waals surface area contributed by atoms with E-state index in [1.807, 2.05) is 36.4 Å². The molecule has 2 heterocycles. The van der Waals surface area contributed by atoms with Gasteiger partial charge in [0.15, 0.2) is 11.4 Å². The van der Waals surface area contributed by atoms with Crippen molar-refractivity contribution in [2.45, 2.75) is 95.1 Å². The molecule has 254 valence electrons. The van der Waals surface area contributed by atoms with E-state index in [1.165, 1.54) is 6.42 Å². The highest BCUT2D eigenvalue weighted by atomic mass is 32.2. The number of nitrogens with zero attached hydrogens (tertiary/aromatic N) is 2. The molecule has 2 aliphatic rings. The van der Waals surface area contributed by atoms with Gasteiger partial charge in [0.2, 0.25) is 21.7 Å². The van der Waals surface area contributed by atoms with Crippen molar-refractivity contribution >= 4 is 38.6 Å². The van der Waals surface area contributed by atoms with Crippen molar-refractivity contribution in [1.29, 1.82) is 0 Å². The van der Waals surface area contributed by atoms with Crippen molar-refractivity contribution in [2.75, 3.05) is 19.3 Å². The minimum Gasteiger partial charge on any atom is -0.434 e. The first-order valence-corrected chi connectivity index (χ1v) is 19.0. The number of hydrogen-bond acceptors (Lipinski definition) is 8. The van der Waals surface area contributed by atoms with Gasteiger partial charge in [-0.15, -0.1) is 0 Å². The molecule has 2 fully saturated rings. The summed E-state index contributed by atoms with van der Waals surface area (Å²) in [6, 6.07) is 15.0. The third-order valence-electron chi connectivity index (χ3n) is 9.81. The van der Waals surface area contributed by atoms with Gasteiger partial charge in [0.25, 0.3) is 5.89 Å². The number of carbonyl (C=O) groups is 3. The van der Waals surface area contributed by atoms with Crippen molar-refractivity contribution in [2.24, 2.45) is 17.6 Å². The minimum atomic E-state index is -3.69. The molecule has 1 aromatic heterocycles. The zero-order chi connectivity index (χ0) is 33.4. The van der Waals surface area contributed by atoms with E-state index in [4.69, 9.17) is 10.2 Å². The van der Waals surface area contributed by atoms with Gasteiger partial charge in [0, 0.05) is 24.8 Å². The summed E-state index contributed by atoms with van der Waals surface area (Å²) >= 11 is 0. The molecular formula is C36H48N4O6S. The number of oxazole rings is 1. The summed E-state index contributed by atoms with van der Waals surface area (Å²) in [5.74, 6) is -1.51. The van der Waals surface area contributed by atoms with Crippen LogP contribution < -0.4 is 10.5 Å². The minimum absolute atomic E-state index is 0.0316. The number of para-hydroxylation sites is 2. The molecule has 47 heavy (non-hydrogen) atoms. The number of Topliss-reactive ketones (excluding diaryl/α,β-unsaturated/α-hetero) is 2. The standard InChI is InChI=1S/C36H48N4O6S/c1-47(44,45)39-30(20-19-25-12-4-2-5-13-25)36(43)40-23-21-28(26-14-6-3-7-15-26)33(40)31(41)24-27(16-10-11-22-37)34(42)35-38-29-17-8-9-18-32(29)46-35/h3,6-9,14-15,17-18,25,27-28,30,33,39H,2,4-5,10-13,16,19-24,37H2,1H3/t27-,28-,30-,33+/m1/s1. The highest BCUT2D eigenvalue weighted by molar-refractivity contribution is 7.88. The number of nitrogens with one attached hydrogen (secondary N) is 1. The maximum atomic E-state index is 14.4. The lowest BCUT2D eigenvalue weighted by molar-refractivity contribution is -0.139. The number of ketones is 2. The van der Waals surface area contributed by atoms with Crippen LogP contribution in [0.3, 0.4) is 0 Å². The normalized spacial score (nSPS) is 20.3. The molecule has 3 aromatic rings. The van der Waals surface area contributed by atoms with E-state index in [2.05, 4.69) is 9.71 Å². The van der Waals surface area contributed by atoms with Crippen LogP contribution in [0.2, 0.25) is 0 Å². The maximum Gasteiger partial charge on any atom is 0.264 e. The number of likely N-dealkylation sites (tertiary alicyclic amines) is 1. The lowest BCUT2D eigenvalue weighted by Gasteiger charge is -2.32. The van der Waals surface area contributed by atoms with Crippen LogP contribution in [0.15, 0.2) is 59.0 Å². The number of hydrogen-bond donors (Lipinski definition) is 2. The average molecular weight is 665 g/mol. The van der Waals surface area contributed by atoms with Crippen molar-refractivity contribution in [3.63, 3.8) is 0 Å². The summed E-state index contributed by atoms with van der Waals surface area (Å²) in [4.78, 5) is 48.5. The second-order valence-corrected chi connectivity index (χ2v) is 15.1. The van der Waals surface area contributed by atoms with Crippen molar-refractivity contribution in [3.8, 4) is 0 Å². The lowest BCUT2D eigenvalue weighted by atomic mass is 9.83. The zero-order valence-corrected chi connectivity index (χ0v) is 28.1. The van der Waals surface area contributed by atoms with Crippen LogP contribution in [-0.2, 0) is 19.6 Å². The summed E-state index contributed by atoms with van der Waals surface area (Å²) in [5.41, 5.74) is 7.75. The molecule has 10 nitrogen and oxygen atoms in total. The number of carbonyl (C=O) groups excluding carboxylic acids is 3. The first-order chi connectivity index (χ1) is 22.6. The van der Waals surface area contributed by atoms with Crippen LogP contribution in [0.1, 0.15) is 99.2 Å². The van der Waals surface area contributed by atoms with E-state index in [1.54, 1.807) is 23.1 Å². The highest BCUT2D eigenvalue weighted by Crippen LogP contribution is 2.37. The molecule has 0 unspecified atom stereocenters. The second-order valence-electron chi connectivity index (χ2n) is 13.3. The Hall–Kier alpha value is -3.41. The SMILES string of the molecule is CS(=O)(=O)N[C@H](CCC1CCCCC1)C(=O)N1CC[C@H](c2ccccc2)[C@H]1C(=O)C[C@@H](CCCCN)C(=O)c1nc2ccccc2o1. The Morgan fingerprint density at radius 3 is 2.40 bits per heavy atom. The topological polar surface area (TPSA) is 153 Å². The average Bonchev–Trinajstić information content (AvgIpc) is 3.71. The predicted octanol–water partition coefficient (Wildman–Crippen LogP) is 5.38. The van der Waals surface area contributed by atoms with Gasteiger partial charge in [0.1, 0.15) is 11.6 Å². The van der Waals surface area contributed by atoms with Gasteiger partial charge in [-0.3, -0.25) is 14.4 Å². The Kier molecular flexibility index (Phi) is 12.0. The van der Waals surface area contributed by atoms with Gasteiger partial charge < -0.3 is 15.1 Å². The Morgan fingerprint density at radius 2 is 1.70 bits per heavy atom. The predicted molar refractivity (Wildman–Crippen MR) is 181 cm³/mol. The van der Waals surface area contributed by atoms with Crippen LogP contribution in [0, 0.1) is 11.8 Å². The zero-order valence-electron chi connectivity index (χ0n) is 27.3. The van der Waals surface area contributed by atoms with Gasteiger partial charge in [-0.2, -0.15) is 0 Å². The van der Waals surface area contributed by atoms with E-state index in [0.717, 1.165) is 43.9 Å². The third kappa shape index (κ3) is 9.15. The van der Waals surface area contributed by atoms with Crippen LogP contribution in [-0.4, -0.2) is 67.2 Å². The fourth-order valence-electron chi connectivity index (χ4n) is 7.43. The van der Waals surface area contributed by atoms with Crippen molar-refractivity contribution in [3.05, 3.63) is 66.1 Å². The van der Waals surface area contributed by atoms with E-state index in [9.17, 15) is 22.8 Å². The van der Waals surface area contributed by atoms with Crippen LogP contribution >= 0.6 is 0 Å². The van der Waals surface area contributed by atoms with Crippen molar-refractivity contribution in [1.82, 2.24) is 14.6 Å². The summed E-state index contributed by atoms with van der Waals surface area (Å²) in [6.45, 7) is 0.783. The molecule has 5 rings (SSSR count). The fraction of sp³-hybridized carbons (Fsp3) is 0.556. The van der Waals surface area contributed by atoms with E-state index >= 15 is 0 Å². The summed E-state index contributed by atoms with van der Waals surface area (Å²) in [6.07, 6.45) is 10.1. The first kappa shape index (κ1) is 34.9.